The first-order valence-electron chi connectivity index (χ1n) is 7.30. The summed E-state index contributed by atoms with van der Waals surface area (Å²) in [6.45, 7) is 4.45. The Labute approximate surface area is 125 Å². The molecule has 1 aliphatic rings. The number of hydrogen-bond acceptors (Lipinski definition) is 4. The number of amides is 2. The van der Waals surface area contributed by atoms with Gasteiger partial charge in [0, 0.05) is 45.3 Å². The van der Waals surface area contributed by atoms with Crippen LogP contribution >= 0.6 is 0 Å². The summed E-state index contributed by atoms with van der Waals surface area (Å²) in [4.78, 5) is 17.9. The van der Waals surface area contributed by atoms with Crippen molar-refractivity contribution in [2.45, 2.75) is 25.9 Å². The highest BCUT2D eigenvalue weighted by Crippen LogP contribution is 2.18. The molecule has 1 aliphatic heterocycles. The molecule has 0 unspecified atom stereocenters. The van der Waals surface area contributed by atoms with Crippen molar-refractivity contribution < 1.29 is 14.3 Å². The lowest BCUT2D eigenvalue weighted by atomic mass is 10.1. The number of pyridine rings is 1. The maximum atomic E-state index is 11.9. The van der Waals surface area contributed by atoms with Crippen LogP contribution in [0.5, 0.6) is 5.75 Å². The zero-order valence-corrected chi connectivity index (χ0v) is 12.7. The molecule has 6 nitrogen and oxygen atoms in total. The fraction of sp³-hybridized carbons (Fsp3) is 0.600. The first kappa shape index (κ1) is 15.6. The Kier molecular flexibility index (Phi) is 5.80. The maximum Gasteiger partial charge on any atom is 0.317 e. The first-order valence-corrected chi connectivity index (χ1v) is 7.30. The molecule has 0 atom stereocenters. The second kappa shape index (κ2) is 7.83. The van der Waals surface area contributed by atoms with E-state index in [-0.39, 0.29) is 12.1 Å². The summed E-state index contributed by atoms with van der Waals surface area (Å²) < 4.78 is 10.8. The Bertz CT molecular complexity index is 442. The number of hydrogen-bond donors (Lipinski definition) is 1. The van der Waals surface area contributed by atoms with E-state index in [1.165, 1.54) is 0 Å². The van der Waals surface area contributed by atoms with Gasteiger partial charge in [0.1, 0.15) is 11.9 Å². The molecule has 1 aromatic heterocycles. The molecule has 0 saturated carbocycles. The van der Waals surface area contributed by atoms with Crippen LogP contribution < -0.4 is 10.1 Å². The molecule has 1 fully saturated rings. The van der Waals surface area contributed by atoms with Crippen molar-refractivity contribution in [2.75, 3.05) is 33.4 Å². The molecule has 0 aliphatic carbocycles. The van der Waals surface area contributed by atoms with Gasteiger partial charge in [0.25, 0.3) is 0 Å². The van der Waals surface area contributed by atoms with Crippen molar-refractivity contribution in [3.8, 4) is 5.75 Å². The number of carbonyl (C=O) groups excluding carboxylic acids is 1. The number of aromatic nitrogens is 1. The highest BCUT2D eigenvalue weighted by atomic mass is 16.5. The predicted molar refractivity (Wildman–Crippen MR) is 79.5 cm³/mol. The molecular weight excluding hydrogens is 270 g/mol. The van der Waals surface area contributed by atoms with Gasteiger partial charge >= 0.3 is 6.03 Å². The van der Waals surface area contributed by atoms with Crippen molar-refractivity contribution in [1.29, 1.82) is 0 Å². The number of piperidine rings is 1. The van der Waals surface area contributed by atoms with E-state index in [0.29, 0.717) is 26.2 Å². The topological polar surface area (TPSA) is 63.7 Å². The Hall–Kier alpha value is -1.82. The van der Waals surface area contributed by atoms with Crippen LogP contribution in [-0.2, 0) is 4.74 Å². The molecule has 2 rings (SSSR count). The highest BCUT2D eigenvalue weighted by Gasteiger charge is 2.23. The van der Waals surface area contributed by atoms with Gasteiger partial charge < -0.3 is 19.7 Å². The summed E-state index contributed by atoms with van der Waals surface area (Å²) in [5.74, 6) is 0.795. The van der Waals surface area contributed by atoms with Crippen molar-refractivity contribution in [3.05, 3.63) is 24.0 Å². The van der Waals surface area contributed by atoms with Gasteiger partial charge in [0.15, 0.2) is 0 Å². The fourth-order valence-corrected chi connectivity index (χ4v) is 2.26. The third-order valence-corrected chi connectivity index (χ3v) is 3.50. The third-order valence-electron chi connectivity index (χ3n) is 3.50. The SMILES string of the molecule is COCCNC(=O)N1CCC(Oc2ccc(C)nc2)CC1. The van der Waals surface area contributed by atoms with Crippen molar-refractivity contribution in [3.63, 3.8) is 0 Å². The summed E-state index contributed by atoms with van der Waals surface area (Å²) >= 11 is 0. The van der Waals surface area contributed by atoms with Crippen molar-refractivity contribution >= 4 is 6.03 Å². The van der Waals surface area contributed by atoms with Gasteiger partial charge in [-0.3, -0.25) is 4.98 Å². The van der Waals surface area contributed by atoms with Crippen LogP contribution in [0, 0.1) is 6.92 Å². The smallest absolute Gasteiger partial charge is 0.317 e. The van der Waals surface area contributed by atoms with Gasteiger partial charge in [-0.15, -0.1) is 0 Å². The molecule has 6 heteroatoms. The zero-order valence-electron chi connectivity index (χ0n) is 12.7. The second-order valence-electron chi connectivity index (χ2n) is 5.16. The van der Waals surface area contributed by atoms with Crippen LogP contribution in [0.25, 0.3) is 0 Å². The fourth-order valence-electron chi connectivity index (χ4n) is 2.26. The summed E-state index contributed by atoms with van der Waals surface area (Å²) in [5, 5.41) is 2.84. The van der Waals surface area contributed by atoms with Gasteiger partial charge in [-0.25, -0.2) is 4.79 Å². The lowest BCUT2D eigenvalue weighted by Crippen LogP contribution is -2.47. The Morgan fingerprint density at radius 1 is 1.43 bits per heavy atom. The van der Waals surface area contributed by atoms with Gasteiger partial charge in [-0.1, -0.05) is 0 Å². The highest BCUT2D eigenvalue weighted by molar-refractivity contribution is 5.74. The summed E-state index contributed by atoms with van der Waals surface area (Å²) in [6.07, 6.45) is 3.58. The number of aryl methyl sites for hydroxylation is 1. The molecule has 21 heavy (non-hydrogen) atoms. The van der Waals surface area contributed by atoms with E-state index >= 15 is 0 Å². The molecule has 0 spiro atoms. The normalized spacial score (nSPS) is 15.8. The maximum absolute atomic E-state index is 11.9. The second-order valence-corrected chi connectivity index (χ2v) is 5.16. The van der Waals surface area contributed by atoms with Crippen LogP contribution in [-0.4, -0.2) is 55.4 Å². The van der Waals surface area contributed by atoms with E-state index in [2.05, 4.69) is 10.3 Å². The molecule has 0 bridgehead atoms. The van der Waals surface area contributed by atoms with E-state index in [1.54, 1.807) is 13.3 Å². The number of likely N-dealkylation sites (tertiary alicyclic amines) is 1. The van der Waals surface area contributed by atoms with E-state index in [9.17, 15) is 4.79 Å². The summed E-state index contributed by atoms with van der Waals surface area (Å²) in [7, 11) is 1.62. The minimum atomic E-state index is -0.0255. The molecule has 2 amide bonds. The van der Waals surface area contributed by atoms with Crippen LogP contribution in [0.15, 0.2) is 18.3 Å². The first-order chi connectivity index (χ1) is 10.2. The van der Waals surface area contributed by atoms with Gasteiger partial charge in [-0.2, -0.15) is 0 Å². The number of nitrogens with one attached hydrogen (secondary N) is 1. The Morgan fingerprint density at radius 3 is 2.81 bits per heavy atom. The van der Waals surface area contributed by atoms with Crippen molar-refractivity contribution in [2.24, 2.45) is 0 Å². The van der Waals surface area contributed by atoms with Gasteiger partial charge in [-0.05, 0) is 19.1 Å². The Balaban J connectivity index is 1.72. The third kappa shape index (κ3) is 4.90. The van der Waals surface area contributed by atoms with Crippen LogP contribution in [0.3, 0.4) is 0 Å². The monoisotopic (exact) mass is 293 g/mol. The predicted octanol–water partition coefficient (Wildman–Crippen LogP) is 1.59. The largest absolute Gasteiger partial charge is 0.489 e. The van der Waals surface area contributed by atoms with E-state index in [1.807, 2.05) is 24.0 Å². The minimum Gasteiger partial charge on any atom is -0.489 e. The quantitative estimate of drug-likeness (QED) is 0.837. The van der Waals surface area contributed by atoms with Crippen LogP contribution in [0.1, 0.15) is 18.5 Å². The minimum absolute atomic E-state index is 0.0255. The molecule has 0 radical (unpaired) electrons. The summed E-state index contributed by atoms with van der Waals surface area (Å²) in [6, 6.07) is 3.85. The molecule has 1 N–H and O–H groups in total. The molecule has 1 aromatic rings. The lowest BCUT2D eigenvalue weighted by Gasteiger charge is -2.32. The molecule has 0 aromatic carbocycles. The van der Waals surface area contributed by atoms with E-state index in [4.69, 9.17) is 9.47 Å². The molecular formula is C15H23N3O3. The van der Waals surface area contributed by atoms with Crippen LogP contribution in [0.4, 0.5) is 4.79 Å². The number of carbonyl (C=O) groups is 1. The Morgan fingerprint density at radius 2 is 2.19 bits per heavy atom. The number of urea groups is 1. The number of rotatable bonds is 5. The molecule has 1 saturated heterocycles. The van der Waals surface area contributed by atoms with Crippen LogP contribution in [0.2, 0.25) is 0 Å². The zero-order chi connectivity index (χ0) is 15.1. The standard InChI is InChI=1S/C15H23N3O3/c1-12-3-4-14(11-17-12)21-13-5-8-18(9-6-13)15(19)16-7-10-20-2/h3-4,11,13H,5-10H2,1-2H3,(H,16,19). The number of methoxy groups -OCH3 is 1. The number of nitrogens with zero attached hydrogens (tertiary/aromatic N) is 2. The molecule has 116 valence electrons. The van der Waals surface area contributed by atoms with Crippen molar-refractivity contribution in [1.82, 2.24) is 15.2 Å². The van der Waals surface area contributed by atoms with Gasteiger partial charge in [0.2, 0.25) is 0 Å². The van der Waals surface area contributed by atoms with E-state index < -0.39 is 0 Å². The average molecular weight is 293 g/mol. The van der Waals surface area contributed by atoms with Gasteiger partial charge in [0.05, 0.1) is 12.8 Å². The molecule has 2 heterocycles. The lowest BCUT2D eigenvalue weighted by molar-refractivity contribution is 0.109. The van der Waals surface area contributed by atoms with E-state index in [0.717, 1.165) is 24.3 Å². The summed E-state index contributed by atoms with van der Waals surface area (Å²) in [5.41, 5.74) is 0.977. The average Bonchev–Trinajstić information content (AvgIpc) is 2.50. The number of ether oxygens (including phenoxy) is 2.